The third-order valence-corrected chi connectivity index (χ3v) is 6.60. The Hall–Kier alpha value is -1.54. The summed E-state index contributed by atoms with van der Waals surface area (Å²) in [4.78, 5) is 26.5. The van der Waals surface area contributed by atoms with Gasteiger partial charge in [0.15, 0.2) is 15.9 Å². The number of nitrogens with zero attached hydrogens (tertiary/aromatic N) is 1. The van der Waals surface area contributed by atoms with Crippen molar-refractivity contribution in [2.75, 3.05) is 24.3 Å². The maximum Gasteiger partial charge on any atom is 0.317 e. The smallest absolute Gasteiger partial charge is 0.317 e. The second-order valence-electron chi connectivity index (χ2n) is 5.74. The number of rotatable bonds is 6. The number of hydrogen-bond donors (Lipinski definition) is 0. The molecule has 1 aromatic carbocycles. The van der Waals surface area contributed by atoms with Gasteiger partial charge in [0.05, 0.1) is 17.3 Å². The topological polar surface area (TPSA) is 80.8 Å². The van der Waals surface area contributed by atoms with Crippen molar-refractivity contribution < 1.29 is 22.7 Å². The molecule has 24 heavy (non-hydrogen) atoms. The number of hydrogen-bond acceptors (Lipinski definition) is 6. The lowest BCUT2D eigenvalue weighted by Gasteiger charge is -2.26. The van der Waals surface area contributed by atoms with Gasteiger partial charge >= 0.3 is 5.97 Å². The Kier molecular flexibility index (Phi) is 6.28. The maximum atomic E-state index is 12.3. The van der Waals surface area contributed by atoms with E-state index in [-0.39, 0.29) is 29.2 Å². The Bertz CT molecular complexity index is 690. The van der Waals surface area contributed by atoms with Gasteiger partial charge in [0.1, 0.15) is 0 Å². The van der Waals surface area contributed by atoms with Gasteiger partial charge in [0, 0.05) is 18.0 Å². The molecule has 1 saturated heterocycles. The minimum Gasteiger partial charge on any atom is -0.452 e. The Labute approximate surface area is 146 Å². The van der Waals surface area contributed by atoms with Crippen molar-refractivity contribution in [3.63, 3.8) is 0 Å². The highest BCUT2D eigenvalue weighted by Crippen LogP contribution is 2.19. The molecule has 1 fully saturated rings. The highest BCUT2D eigenvalue weighted by Gasteiger charge is 2.34. The van der Waals surface area contributed by atoms with Gasteiger partial charge in [-0.3, -0.25) is 9.59 Å². The van der Waals surface area contributed by atoms with Crippen LogP contribution in [0.1, 0.15) is 13.3 Å². The number of benzene rings is 1. The number of sulfone groups is 1. The zero-order valence-electron chi connectivity index (χ0n) is 13.7. The molecule has 132 valence electrons. The molecule has 0 saturated carbocycles. The first-order valence-corrected chi connectivity index (χ1v) is 10.4. The summed E-state index contributed by atoms with van der Waals surface area (Å²) in [5, 5.41) is 0. The predicted octanol–water partition coefficient (Wildman–Crippen LogP) is 1.36. The molecule has 0 unspecified atom stereocenters. The second kappa shape index (κ2) is 8.02. The first kappa shape index (κ1) is 18.8. The number of likely N-dealkylation sites (N-methyl/N-ethyl adjacent to an activating group) is 1. The van der Waals surface area contributed by atoms with Crippen molar-refractivity contribution in [2.45, 2.75) is 30.4 Å². The van der Waals surface area contributed by atoms with Crippen LogP contribution in [0.3, 0.4) is 0 Å². The summed E-state index contributed by atoms with van der Waals surface area (Å²) in [7, 11) is -1.51. The molecule has 8 heteroatoms. The molecule has 1 heterocycles. The summed E-state index contributed by atoms with van der Waals surface area (Å²) >= 11 is 1.34. The van der Waals surface area contributed by atoms with Crippen molar-refractivity contribution in [3.8, 4) is 0 Å². The van der Waals surface area contributed by atoms with Crippen LogP contribution in [0.5, 0.6) is 0 Å². The van der Waals surface area contributed by atoms with Crippen molar-refractivity contribution in [1.82, 2.24) is 4.90 Å². The van der Waals surface area contributed by atoms with Gasteiger partial charge in [-0.15, -0.1) is 11.8 Å². The van der Waals surface area contributed by atoms with Crippen LogP contribution < -0.4 is 0 Å². The van der Waals surface area contributed by atoms with Gasteiger partial charge in [0.2, 0.25) is 0 Å². The predicted molar refractivity (Wildman–Crippen MR) is 92.5 cm³/mol. The molecule has 0 bridgehead atoms. The fourth-order valence-electron chi connectivity index (χ4n) is 2.49. The van der Waals surface area contributed by atoms with E-state index in [1.54, 1.807) is 7.05 Å². The number of carbonyl (C=O) groups is 2. The van der Waals surface area contributed by atoms with Crippen LogP contribution in [0.4, 0.5) is 0 Å². The van der Waals surface area contributed by atoms with E-state index in [2.05, 4.69) is 0 Å². The van der Waals surface area contributed by atoms with Crippen LogP contribution in [0, 0.1) is 0 Å². The molecule has 1 aromatic rings. The van der Waals surface area contributed by atoms with E-state index in [0.29, 0.717) is 6.42 Å². The third kappa shape index (κ3) is 5.24. The van der Waals surface area contributed by atoms with Gasteiger partial charge in [-0.2, -0.15) is 0 Å². The molecular weight excluding hydrogens is 350 g/mol. The minimum absolute atomic E-state index is 0.0280. The summed E-state index contributed by atoms with van der Waals surface area (Å²) < 4.78 is 28.2. The molecular formula is C16H21NO5S2. The van der Waals surface area contributed by atoms with E-state index in [9.17, 15) is 18.0 Å². The summed E-state index contributed by atoms with van der Waals surface area (Å²) in [5.41, 5.74) is 0. The highest BCUT2D eigenvalue weighted by molar-refractivity contribution is 8.00. The Morgan fingerprint density at radius 3 is 2.58 bits per heavy atom. The number of ether oxygens (including phenoxy) is 1. The summed E-state index contributed by atoms with van der Waals surface area (Å²) in [6.07, 6.45) is -0.503. The number of esters is 1. The Balaban J connectivity index is 1.81. The van der Waals surface area contributed by atoms with Crippen LogP contribution in [0.2, 0.25) is 0 Å². The lowest BCUT2D eigenvalue weighted by Crippen LogP contribution is -2.44. The van der Waals surface area contributed by atoms with Crippen LogP contribution >= 0.6 is 11.8 Å². The highest BCUT2D eigenvalue weighted by atomic mass is 32.2. The maximum absolute atomic E-state index is 12.3. The van der Waals surface area contributed by atoms with Crippen LogP contribution in [-0.4, -0.2) is 61.6 Å². The standard InChI is InChI=1S/C16H21NO5S2/c1-12(16(19)17(2)13-8-9-24(20,21)11-13)22-15(18)10-23-14-6-4-3-5-7-14/h3-7,12-13H,8-11H2,1-2H3/t12-,13-/m1/s1. The summed E-state index contributed by atoms with van der Waals surface area (Å²) in [6.45, 7) is 1.51. The van der Waals surface area contributed by atoms with Gasteiger partial charge in [-0.25, -0.2) is 8.42 Å². The molecule has 1 aliphatic rings. The monoisotopic (exact) mass is 371 g/mol. The van der Waals surface area contributed by atoms with Gasteiger partial charge in [-0.1, -0.05) is 18.2 Å². The van der Waals surface area contributed by atoms with Crippen molar-refractivity contribution in [2.24, 2.45) is 0 Å². The molecule has 2 rings (SSSR count). The first-order valence-electron chi connectivity index (χ1n) is 7.63. The molecule has 0 aliphatic carbocycles. The first-order chi connectivity index (χ1) is 11.3. The Morgan fingerprint density at radius 2 is 2.00 bits per heavy atom. The minimum atomic E-state index is -3.07. The zero-order valence-corrected chi connectivity index (χ0v) is 15.3. The molecule has 1 aliphatic heterocycles. The summed E-state index contributed by atoms with van der Waals surface area (Å²) in [6, 6.07) is 9.08. The molecule has 0 spiro atoms. The van der Waals surface area contributed by atoms with Gasteiger partial charge < -0.3 is 9.64 Å². The molecule has 6 nitrogen and oxygen atoms in total. The SMILES string of the molecule is C[C@@H](OC(=O)CSc1ccccc1)C(=O)N(C)[C@@H]1CCS(=O)(=O)C1. The van der Waals surface area contributed by atoms with E-state index >= 15 is 0 Å². The second-order valence-corrected chi connectivity index (χ2v) is 9.02. The number of amides is 1. The lowest BCUT2D eigenvalue weighted by atomic mass is 10.2. The third-order valence-electron chi connectivity index (χ3n) is 3.86. The molecule has 0 aromatic heterocycles. The van der Waals surface area contributed by atoms with Crippen molar-refractivity contribution >= 4 is 33.5 Å². The normalized spacial score (nSPS) is 20.3. The van der Waals surface area contributed by atoms with E-state index < -0.39 is 21.9 Å². The van der Waals surface area contributed by atoms with Crippen LogP contribution in [0.15, 0.2) is 35.2 Å². The fraction of sp³-hybridized carbons (Fsp3) is 0.500. The van der Waals surface area contributed by atoms with E-state index in [0.717, 1.165) is 4.90 Å². The summed E-state index contributed by atoms with van der Waals surface area (Å²) in [5.74, 6) is -0.674. The fourth-order valence-corrected chi connectivity index (χ4v) is 4.96. The average Bonchev–Trinajstić information content (AvgIpc) is 2.92. The molecule has 1 amide bonds. The Morgan fingerprint density at radius 1 is 1.33 bits per heavy atom. The van der Waals surface area contributed by atoms with E-state index in [4.69, 9.17) is 4.74 Å². The van der Waals surface area contributed by atoms with Crippen LogP contribution in [-0.2, 0) is 24.2 Å². The lowest BCUT2D eigenvalue weighted by molar-refractivity contribution is -0.157. The van der Waals surface area contributed by atoms with E-state index in [1.165, 1.54) is 23.6 Å². The van der Waals surface area contributed by atoms with Crippen molar-refractivity contribution in [3.05, 3.63) is 30.3 Å². The number of carbonyl (C=O) groups excluding carboxylic acids is 2. The molecule has 0 N–H and O–H groups in total. The van der Waals surface area contributed by atoms with Crippen LogP contribution in [0.25, 0.3) is 0 Å². The van der Waals surface area contributed by atoms with Crippen molar-refractivity contribution in [1.29, 1.82) is 0 Å². The number of thioether (sulfide) groups is 1. The van der Waals surface area contributed by atoms with Gasteiger partial charge in [-0.05, 0) is 25.5 Å². The largest absolute Gasteiger partial charge is 0.452 e. The average molecular weight is 371 g/mol. The quantitative estimate of drug-likeness (QED) is 0.555. The van der Waals surface area contributed by atoms with E-state index in [1.807, 2.05) is 30.3 Å². The molecule has 0 radical (unpaired) electrons. The zero-order chi connectivity index (χ0) is 17.7. The molecule has 2 atom stereocenters. The van der Waals surface area contributed by atoms with Gasteiger partial charge in [0.25, 0.3) is 5.91 Å².